The van der Waals surface area contributed by atoms with Gasteiger partial charge in [0.2, 0.25) is 6.79 Å². The van der Waals surface area contributed by atoms with Crippen molar-refractivity contribution in [2.75, 3.05) is 19.9 Å². The molecule has 0 saturated carbocycles. The summed E-state index contributed by atoms with van der Waals surface area (Å²) in [6.07, 6.45) is 0. The van der Waals surface area contributed by atoms with Crippen molar-refractivity contribution in [3.8, 4) is 17.2 Å². The summed E-state index contributed by atoms with van der Waals surface area (Å²) in [6.45, 7) is 1.18. The van der Waals surface area contributed by atoms with Crippen LogP contribution in [-0.4, -0.2) is 25.9 Å². The Balaban J connectivity index is 2.13. The second-order valence-electron chi connectivity index (χ2n) is 3.31. The van der Waals surface area contributed by atoms with E-state index >= 15 is 0 Å². The SMILES string of the molecule is O=C1NCCOc2cc3c(cc21)OCO3. The van der Waals surface area contributed by atoms with Crippen molar-refractivity contribution in [1.29, 1.82) is 0 Å². The molecule has 5 heteroatoms. The van der Waals surface area contributed by atoms with E-state index in [4.69, 9.17) is 14.2 Å². The van der Waals surface area contributed by atoms with Gasteiger partial charge in [-0.1, -0.05) is 0 Å². The van der Waals surface area contributed by atoms with Crippen LogP contribution in [0.15, 0.2) is 12.1 Å². The van der Waals surface area contributed by atoms with Crippen LogP contribution in [0.3, 0.4) is 0 Å². The molecule has 0 unspecified atom stereocenters. The van der Waals surface area contributed by atoms with Crippen LogP contribution in [0.1, 0.15) is 10.4 Å². The normalized spacial score (nSPS) is 17.5. The van der Waals surface area contributed by atoms with Crippen LogP contribution in [-0.2, 0) is 0 Å². The molecule has 0 bridgehead atoms. The van der Waals surface area contributed by atoms with E-state index in [0.717, 1.165) is 0 Å². The number of hydrogen-bond donors (Lipinski definition) is 1. The molecule has 0 aliphatic carbocycles. The summed E-state index contributed by atoms with van der Waals surface area (Å²) < 4.78 is 15.8. The monoisotopic (exact) mass is 207 g/mol. The molecule has 0 aromatic heterocycles. The third kappa shape index (κ3) is 1.27. The highest BCUT2D eigenvalue weighted by Gasteiger charge is 2.23. The smallest absolute Gasteiger partial charge is 0.255 e. The Bertz CT molecular complexity index is 430. The van der Waals surface area contributed by atoms with Gasteiger partial charge in [-0.15, -0.1) is 0 Å². The van der Waals surface area contributed by atoms with Crippen LogP contribution in [0.25, 0.3) is 0 Å². The van der Waals surface area contributed by atoms with Crippen molar-refractivity contribution < 1.29 is 19.0 Å². The highest BCUT2D eigenvalue weighted by Crippen LogP contribution is 2.38. The molecule has 2 heterocycles. The maximum absolute atomic E-state index is 11.6. The zero-order valence-electron chi connectivity index (χ0n) is 7.91. The average molecular weight is 207 g/mol. The van der Waals surface area contributed by atoms with Gasteiger partial charge in [0.1, 0.15) is 12.4 Å². The highest BCUT2D eigenvalue weighted by atomic mass is 16.7. The molecule has 0 atom stereocenters. The summed E-state index contributed by atoms with van der Waals surface area (Å²) in [7, 11) is 0. The third-order valence-electron chi connectivity index (χ3n) is 2.36. The highest BCUT2D eigenvalue weighted by molar-refractivity contribution is 5.98. The van der Waals surface area contributed by atoms with Crippen LogP contribution in [0.4, 0.5) is 0 Å². The number of amides is 1. The molecule has 78 valence electrons. The maximum atomic E-state index is 11.6. The molecule has 0 spiro atoms. The second-order valence-corrected chi connectivity index (χ2v) is 3.31. The molecular formula is C10H9NO4. The average Bonchev–Trinajstić information content (AvgIpc) is 2.62. The Labute approximate surface area is 85.9 Å². The Kier molecular flexibility index (Phi) is 1.71. The lowest BCUT2D eigenvalue weighted by atomic mass is 10.1. The number of fused-ring (bicyclic) bond motifs is 2. The fourth-order valence-electron chi connectivity index (χ4n) is 1.64. The van der Waals surface area contributed by atoms with Gasteiger partial charge in [-0.05, 0) is 0 Å². The van der Waals surface area contributed by atoms with Crippen molar-refractivity contribution in [1.82, 2.24) is 5.32 Å². The van der Waals surface area contributed by atoms with E-state index in [9.17, 15) is 4.79 Å². The molecule has 0 radical (unpaired) electrons. The van der Waals surface area contributed by atoms with Gasteiger partial charge in [0.15, 0.2) is 11.5 Å². The van der Waals surface area contributed by atoms with Crippen LogP contribution < -0.4 is 19.5 Å². The summed E-state index contributed by atoms with van der Waals surface area (Å²) in [5.41, 5.74) is 0.497. The summed E-state index contributed by atoms with van der Waals surface area (Å²) >= 11 is 0. The van der Waals surface area contributed by atoms with Gasteiger partial charge in [-0.3, -0.25) is 4.79 Å². The molecule has 0 fully saturated rings. The van der Waals surface area contributed by atoms with Gasteiger partial charge in [0.05, 0.1) is 12.1 Å². The Morgan fingerprint density at radius 3 is 2.73 bits per heavy atom. The third-order valence-corrected chi connectivity index (χ3v) is 2.36. The first-order valence-corrected chi connectivity index (χ1v) is 4.69. The summed E-state index contributed by atoms with van der Waals surface area (Å²) in [4.78, 5) is 11.6. The van der Waals surface area contributed by atoms with Crippen LogP contribution in [0, 0.1) is 0 Å². The van der Waals surface area contributed by atoms with Crippen molar-refractivity contribution in [3.63, 3.8) is 0 Å². The van der Waals surface area contributed by atoms with E-state index in [1.165, 1.54) is 0 Å². The summed E-state index contributed by atoms with van der Waals surface area (Å²) in [5, 5.41) is 2.73. The quantitative estimate of drug-likeness (QED) is 0.674. The van der Waals surface area contributed by atoms with E-state index in [-0.39, 0.29) is 12.7 Å². The number of carbonyl (C=O) groups is 1. The number of hydrogen-bond acceptors (Lipinski definition) is 4. The first kappa shape index (κ1) is 8.40. The fourth-order valence-corrected chi connectivity index (χ4v) is 1.64. The predicted molar refractivity (Wildman–Crippen MR) is 50.4 cm³/mol. The van der Waals surface area contributed by atoms with Crippen LogP contribution in [0.5, 0.6) is 17.2 Å². The number of ether oxygens (including phenoxy) is 3. The first-order valence-electron chi connectivity index (χ1n) is 4.69. The number of rotatable bonds is 0. The number of benzene rings is 1. The van der Waals surface area contributed by atoms with Gasteiger partial charge in [-0.25, -0.2) is 0 Å². The molecule has 0 saturated heterocycles. The maximum Gasteiger partial charge on any atom is 0.255 e. The van der Waals surface area contributed by atoms with E-state index in [2.05, 4.69) is 5.32 Å². The lowest BCUT2D eigenvalue weighted by Crippen LogP contribution is -2.24. The molecule has 1 amide bonds. The van der Waals surface area contributed by atoms with E-state index in [1.807, 2.05) is 0 Å². The summed E-state index contributed by atoms with van der Waals surface area (Å²) in [6, 6.07) is 3.35. The largest absolute Gasteiger partial charge is 0.491 e. The molecule has 5 nitrogen and oxygen atoms in total. The minimum Gasteiger partial charge on any atom is -0.491 e. The molecule has 2 aliphatic heterocycles. The van der Waals surface area contributed by atoms with Crippen molar-refractivity contribution in [2.45, 2.75) is 0 Å². The zero-order valence-corrected chi connectivity index (χ0v) is 7.91. The van der Waals surface area contributed by atoms with Crippen molar-refractivity contribution >= 4 is 5.91 Å². The van der Waals surface area contributed by atoms with Gasteiger partial charge in [0, 0.05) is 12.1 Å². The lowest BCUT2D eigenvalue weighted by molar-refractivity contribution is 0.0956. The van der Waals surface area contributed by atoms with Crippen molar-refractivity contribution in [2.24, 2.45) is 0 Å². The van der Waals surface area contributed by atoms with E-state index < -0.39 is 0 Å². The van der Waals surface area contributed by atoms with Gasteiger partial charge in [0.25, 0.3) is 5.91 Å². The molecular weight excluding hydrogens is 198 g/mol. The lowest BCUT2D eigenvalue weighted by Gasteiger charge is -2.06. The molecule has 2 aliphatic rings. The topological polar surface area (TPSA) is 56.8 Å². The minimum atomic E-state index is -0.138. The first-order chi connectivity index (χ1) is 7.34. The molecule has 1 N–H and O–H groups in total. The molecule has 1 aromatic rings. The van der Waals surface area contributed by atoms with Crippen LogP contribution >= 0.6 is 0 Å². The van der Waals surface area contributed by atoms with Gasteiger partial charge < -0.3 is 19.5 Å². The fraction of sp³-hybridized carbons (Fsp3) is 0.300. The summed E-state index contributed by atoms with van der Waals surface area (Å²) in [5.74, 6) is 1.63. The molecule has 1 aromatic carbocycles. The molecule has 3 rings (SSSR count). The van der Waals surface area contributed by atoms with Crippen LogP contribution in [0.2, 0.25) is 0 Å². The van der Waals surface area contributed by atoms with Gasteiger partial charge >= 0.3 is 0 Å². The van der Waals surface area contributed by atoms with E-state index in [1.54, 1.807) is 12.1 Å². The number of carbonyl (C=O) groups excluding carboxylic acids is 1. The van der Waals surface area contributed by atoms with Crippen molar-refractivity contribution in [3.05, 3.63) is 17.7 Å². The number of nitrogens with one attached hydrogen (secondary N) is 1. The molecule has 15 heavy (non-hydrogen) atoms. The second kappa shape index (κ2) is 3.05. The van der Waals surface area contributed by atoms with E-state index in [0.29, 0.717) is 36.0 Å². The zero-order chi connectivity index (χ0) is 10.3. The Hall–Kier alpha value is -1.91. The Morgan fingerprint density at radius 2 is 1.87 bits per heavy atom. The minimum absolute atomic E-state index is 0.138. The Morgan fingerprint density at radius 1 is 1.07 bits per heavy atom. The predicted octanol–water partition coefficient (Wildman–Crippen LogP) is 0.538. The van der Waals surface area contributed by atoms with Gasteiger partial charge in [-0.2, -0.15) is 0 Å². The standard InChI is InChI=1S/C10H9NO4/c12-10-6-3-8-9(15-5-14-8)4-7(6)13-2-1-11-10/h3-4H,1-2,5H2,(H,11,12).